The molecule has 0 spiro atoms. The number of aromatic nitrogens is 2. The molecule has 0 aliphatic heterocycles. The molecule has 336 valence electrons. The lowest BCUT2D eigenvalue weighted by Gasteiger charge is -2.44. The maximum Gasteiger partial charge on any atom is 0.278 e. The fourth-order valence-corrected chi connectivity index (χ4v) is 21.9. The third-order valence-electron chi connectivity index (χ3n) is 14.4. The van der Waals surface area contributed by atoms with E-state index in [1.54, 1.807) is 0 Å². The van der Waals surface area contributed by atoms with Gasteiger partial charge in [0.15, 0.2) is 0 Å². The van der Waals surface area contributed by atoms with Crippen LogP contribution in [0.5, 0.6) is 0 Å². The molecule has 71 heavy (non-hydrogen) atoms. The van der Waals surface area contributed by atoms with E-state index in [0.29, 0.717) is 0 Å². The van der Waals surface area contributed by atoms with Gasteiger partial charge in [-0.3, -0.25) is 0 Å². The highest BCUT2D eigenvalue weighted by Crippen LogP contribution is 2.37. The van der Waals surface area contributed by atoms with E-state index in [2.05, 4.69) is 300 Å². The van der Waals surface area contributed by atoms with Crippen molar-refractivity contribution < 1.29 is 4.12 Å². The third kappa shape index (κ3) is 7.05. The van der Waals surface area contributed by atoms with Gasteiger partial charge in [0, 0.05) is 32.9 Å². The van der Waals surface area contributed by atoms with Crippen molar-refractivity contribution in [2.24, 2.45) is 0 Å². The van der Waals surface area contributed by atoms with E-state index >= 15 is 0 Å². The number of para-hydroxylation sites is 3. The average molecular weight is 941 g/mol. The summed E-state index contributed by atoms with van der Waals surface area (Å²) in [7, 11) is -6.71. The lowest BCUT2D eigenvalue weighted by molar-refractivity contribution is 0.600. The normalized spacial score (nSPS) is 12.0. The van der Waals surface area contributed by atoms with Crippen LogP contribution in [0.4, 0.5) is 0 Å². The first kappa shape index (κ1) is 42.5. The topological polar surface area (TPSA) is 19.1 Å². The quantitative estimate of drug-likeness (QED) is 0.0934. The summed E-state index contributed by atoms with van der Waals surface area (Å²) >= 11 is 0. The van der Waals surface area contributed by atoms with Gasteiger partial charge in [-0.25, -0.2) is 0 Å². The van der Waals surface area contributed by atoms with Crippen LogP contribution in [-0.4, -0.2) is 25.8 Å². The van der Waals surface area contributed by atoms with Crippen LogP contribution in [0.2, 0.25) is 0 Å². The molecular formula is C66H48N2OSi2. The minimum atomic E-state index is -3.42. The Hall–Kier alpha value is -8.59. The number of benzene rings is 11. The van der Waals surface area contributed by atoms with E-state index in [1.807, 2.05) is 0 Å². The molecule has 2 aromatic heterocycles. The van der Waals surface area contributed by atoms with E-state index < -0.39 is 16.6 Å². The molecule has 2 heterocycles. The maximum absolute atomic E-state index is 8.67. The standard InChI is InChI=1S/C66H48N2OSi2/c1-6-27-53(28-7-1)70(54-29-8-2-9-30-54,55-31-10-3-11-32-55)69-71(56-33-12-4-13-34-56,57-35-14-5-15-36-57)58-37-23-25-50(47-58)49-24-22-26-51(46-49)67-65-43-21-18-40-61(65)62-48-52(44-45-66(62)67)68-63-41-19-16-38-59(63)60-39-17-20-42-64(60)68/h1-48H. The Morgan fingerprint density at radius 1 is 0.225 bits per heavy atom. The summed E-state index contributed by atoms with van der Waals surface area (Å²) in [4.78, 5) is 0. The van der Waals surface area contributed by atoms with Gasteiger partial charge < -0.3 is 13.2 Å². The molecule has 0 fully saturated rings. The summed E-state index contributed by atoms with van der Waals surface area (Å²) in [6.45, 7) is 0. The molecule has 13 aromatic rings. The molecule has 0 N–H and O–H groups in total. The molecule has 3 nitrogen and oxygen atoms in total. The summed E-state index contributed by atoms with van der Waals surface area (Å²) in [6.07, 6.45) is 0. The van der Waals surface area contributed by atoms with Crippen LogP contribution in [0.3, 0.4) is 0 Å². The van der Waals surface area contributed by atoms with Crippen molar-refractivity contribution in [2.45, 2.75) is 0 Å². The predicted molar refractivity (Wildman–Crippen MR) is 303 cm³/mol. The van der Waals surface area contributed by atoms with Gasteiger partial charge in [0.05, 0.1) is 22.1 Å². The molecule has 0 amide bonds. The minimum Gasteiger partial charge on any atom is -0.435 e. The van der Waals surface area contributed by atoms with Gasteiger partial charge in [0.2, 0.25) is 0 Å². The zero-order valence-corrected chi connectivity index (χ0v) is 41.0. The summed E-state index contributed by atoms with van der Waals surface area (Å²) in [5.41, 5.74) is 9.28. The maximum atomic E-state index is 8.67. The Balaban J connectivity index is 1.00. The number of hydrogen-bond acceptors (Lipinski definition) is 1. The molecule has 0 aliphatic carbocycles. The zero-order valence-electron chi connectivity index (χ0n) is 39.0. The van der Waals surface area contributed by atoms with E-state index in [-0.39, 0.29) is 0 Å². The number of nitrogens with zero attached hydrogens (tertiary/aromatic N) is 2. The summed E-state index contributed by atoms with van der Waals surface area (Å²) in [5.74, 6) is 0. The highest BCUT2D eigenvalue weighted by molar-refractivity contribution is 7.18. The Bertz CT molecular complexity index is 3830. The first-order chi connectivity index (χ1) is 35.2. The van der Waals surface area contributed by atoms with Crippen LogP contribution in [0.15, 0.2) is 291 Å². The number of rotatable bonds is 11. The van der Waals surface area contributed by atoms with Gasteiger partial charge in [-0.2, -0.15) is 0 Å². The summed E-state index contributed by atoms with van der Waals surface area (Å²) in [6, 6.07) is 107. The molecule has 0 saturated heterocycles. The molecule has 13 rings (SSSR count). The Morgan fingerprint density at radius 3 is 1.00 bits per heavy atom. The number of hydrogen-bond donors (Lipinski definition) is 0. The van der Waals surface area contributed by atoms with Gasteiger partial charge in [-0.1, -0.05) is 243 Å². The van der Waals surface area contributed by atoms with Gasteiger partial charge in [-0.05, 0) is 90.8 Å². The van der Waals surface area contributed by atoms with Crippen molar-refractivity contribution in [3.63, 3.8) is 0 Å². The SMILES string of the molecule is c1ccc([Si](O[Si](c2ccccc2)(c2ccccc2)c2cccc(-c3cccc(-n4c5ccccc5c5cc(-n6c7ccccc7c7ccccc76)ccc54)c3)c2)(c2ccccc2)c2ccccc2)cc1. The minimum absolute atomic E-state index is 1.11. The lowest BCUT2D eigenvalue weighted by atomic mass is 10.1. The van der Waals surface area contributed by atoms with E-state index in [4.69, 9.17) is 4.12 Å². The van der Waals surface area contributed by atoms with Crippen molar-refractivity contribution >= 4 is 91.4 Å². The molecule has 5 heteroatoms. The second kappa shape index (κ2) is 17.7. The first-order valence-corrected chi connectivity index (χ1v) is 28.2. The Morgan fingerprint density at radius 2 is 0.549 bits per heavy atom. The molecule has 0 saturated carbocycles. The molecule has 0 atom stereocenters. The number of fused-ring (bicyclic) bond motifs is 6. The highest BCUT2D eigenvalue weighted by Gasteiger charge is 2.53. The molecule has 0 radical (unpaired) electrons. The largest absolute Gasteiger partial charge is 0.435 e. The summed E-state index contributed by atoms with van der Waals surface area (Å²) < 4.78 is 13.5. The Kier molecular flexibility index (Phi) is 10.6. The molecule has 11 aromatic carbocycles. The third-order valence-corrected chi connectivity index (χ3v) is 23.7. The lowest BCUT2D eigenvalue weighted by Crippen LogP contribution is -2.81. The fraction of sp³-hybridized carbons (Fsp3) is 0. The van der Waals surface area contributed by atoms with E-state index in [0.717, 1.165) is 22.5 Å². The highest BCUT2D eigenvalue weighted by atomic mass is 28.4. The van der Waals surface area contributed by atoms with Crippen molar-refractivity contribution in [3.8, 4) is 22.5 Å². The van der Waals surface area contributed by atoms with Crippen molar-refractivity contribution in [1.29, 1.82) is 0 Å². The van der Waals surface area contributed by atoms with Crippen LogP contribution in [0, 0.1) is 0 Å². The van der Waals surface area contributed by atoms with Gasteiger partial charge in [0.25, 0.3) is 16.6 Å². The van der Waals surface area contributed by atoms with Crippen molar-refractivity contribution in [1.82, 2.24) is 9.13 Å². The first-order valence-electron chi connectivity index (χ1n) is 24.4. The fourth-order valence-electron chi connectivity index (χ4n) is 11.3. The van der Waals surface area contributed by atoms with Crippen LogP contribution in [0.25, 0.3) is 66.1 Å². The van der Waals surface area contributed by atoms with Crippen LogP contribution in [0.1, 0.15) is 0 Å². The Labute approximate surface area is 416 Å². The van der Waals surface area contributed by atoms with Gasteiger partial charge in [0.1, 0.15) is 0 Å². The van der Waals surface area contributed by atoms with Crippen molar-refractivity contribution in [2.75, 3.05) is 0 Å². The zero-order chi connectivity index (χ0) is 47.2. The van der Waals surface area contributed by atoms with Gasteiger partial charge in [-0.15, -0.1) is 0 Å². The van der Waals surface area contributed by atoms with Crippen LogP contribution in [-0.2, 0) is 4.12 Å². The molecule has 0 aliphatic rings. The van der Waals surface area contributed by atoms with E-state index in [9.17, 15) is 0 Å². The van der Waals surface area contributed by atoms with Gasteiger partial charge >= 0.3 is 0 Å². The second-order valence-corrected chi connectivity index (χ2v) is 25.4. The molecule has 0 unspecified atom stereocenters. The molecule has 0 bridgehead atoms. The van der Waals surface area contributed by atoms with Crippen LogP contribution >= 0.6 is 0 Å². The van der Waals surface area contributed by atoms with Crippen LogP contribution < -0.4 is 31.1 Å². The monoisotopic (exact) mass is 940 g/mol. The second-order valence-electron chi connectivity index (χ2n) is 18.3. The molecular weight excluding hydrogens is 893 g/mol. The smallest absolute Gasteiger partial charge is 0.278 e. The average Bonchev–Trinajstić information content (AvgIpc) is 3.97. The predicted octanol–water partition coefficient (Wildman–Crippen LogP) is 12.2. The van der Waals surface area contributed by atoms with E-state index in [1.165, 1.54) is 74.7 Å². The van der Waals surface area contributed by atoms with Crippen molar-refractivity contribution in [3.05, 3.63) is 291 Å². The summed E-state index contributed by atoms with van der Waals surface area (Å²) in [5, 5.41) is 12.2.